The molecule has 3 atom stereocenters. The highest BCUT2D eigenvalue weighted by molar-refractivity contribution is 5.20. The summed E-state index contributed by atoms with van der Waals surface area (Å²) in [5.74, 6) is 0. The molecule has 0 aliphatic carbocycles. The van der Waals surface area contributed by atoms with Gasteiger partial charge >= 0.3 is 6.18 Å². The van der Waals surface area contributed by atoms with Crippen LogP contribution in [0.1, 0.15) is 18.6 Å². The molecule has 1 aliphatic rings. The summed E-state index contributed by atoms with van der Waals surface area (Å²) in [6, 6.07) is 8.69. The molecule has 1 aromatic rings. The third-order valence-corrected chi connectivity index (χ3v) is 3.13. The van der Waals surface area contributed by atoms with Gasteiger partial charge in [0.2, 0.25) is 6.23 Å². The van der Waals surface area contributed by atoms with Gasteiger partial charge in [-0.05, 0) is 19.5 Å². The van der Waals surface area contributed by atoms with Crippen LogP contribution < -0.4 is 0 Å². The van der Waals surface area contributed by atoms with Gasteiger partial charge in [-0.2, -0.15) is 13.2 Å². The van der Waals surface area contributed by atoms with E-state index < -0.39 is 18.5 Å². The molecule has 0 bridgehead atoms. The molecule has 2 nitrogen and oxygen atoms in total. The maximum Gasteiger partial charge on any atom is 0.428 e. The van der Waals surface area contributed by atoms with Crippen molar-refractivity contribution in [3.63, 3.8) is 0 Å². The molecule has 1 fully saturated rings. The SMILES string of the molecule is CC1C(c2ccccc2)OC(C(F)(F)F)N1C. The van der Waals surface area contributed by atoms with E-state index in [1.165, 1.54) is 11.9 Å². The van der Waals surface area contributed by atoms with Gasteiger partial charge in [-0.3, -0.25) is 4.90 Å². The molecule has 2 rings (SSSR count). The van der Waals surface area contributed by atoms with Crippen LogP contribution in [0.5, 0.6) is 0 Å². The lowest BCUT2D eigenvalue weighted by atomic mass is 10.0. The topological polar surface area (TPSA) is 12.5 Å². The Kier molecular flexibility index (Phi) is 3.14. The first-order chi connectivity index (χ1) is 7.91. The van der Waals surface area contributed by atoms with E-state index in [2.05, 4.69) is 0 Å². The van der Waals surface area contributed by atoms with Crippen molar-refractivity contribution in [2.75, 3.05) is 7.05 Å². The van der Waals surface area contributed by atoms with Crippen LogP contribution in [0.2, 0.25) is 0 Å². The number of ether oxygens (including phenoxy) is 1. The van der Waals surface area contributed by atoms with Crippen molar-refractivity contribution in [3.05, 3.63) is 35.9 Å². The highest BCUT2D eigenvalue weighted by atomic mass is 19.4. The molecule has 17 heavy (non-hydrogen) atoms. The number of rotatable bonds is 1. The van der Waals surface area contributed by atoms with E-state index in [1.807, 2.05) is 6.07 Å². The van der Waals surface area contributed by atoms with Crippen molar-refractivity contribution < 1.29 is 17.9 Å². The van der Waals surface area contributed by atoms with Gasteiger partial charge in [-0.1, -0.05) is 30.3 Å². The van der Waals surface area contributed by atoms with Crippen LogP contribution in [0.15, 0.2) is 30.3 Å². The Morgan fingerprint density at radius 2 is 1.76 bits per heavy atom. The van der Waals surface area contributed by atoms with Gasteiger partial charge in [-0.15, -0.1) is 0 Å². The first-order valence-corrected chi connectivity index (χ1v) is 5.40. The first-order valence-electron chi connectivity index (χ1n) is 5.40. The smallest absolute Gasteiger partial charge is 0.344 e. The highest BCUT2D eigenvalue weighted by Gasteiger charge is 2.52. The van der Waals surface area contributed by atoms with Gasteiger partial charge in [0, 0.05) is 6.04 Å². The second-order valence-corrected chi connectivity index (χ2v) is 4.27. The summed E-state index contributed by atoms with van der Waals surface area (Å²) in [5.41, 5.74) is 0.776. The second kappa shape index (κ2) is 4.31. The largest absolute Gasteiger partial charge is 0.428 e. The van der Waals surface area contributed by atoms with Crippen LogP contribution in [0.25, 0.3) is 0 Å². The van der Waals surface area contributed by atoms with Crippen LogP contribution in [-0.4, -0.2) is 30.4 Å². The van der Waals surface area contributed by atoms with E-state index in [9.17, 15) is 13.2 Å². The van der Waals surface area contributed by atoms with Crippen LogP contribution in [0.3, 0.4) is 0 Å². The number of hydrogen-bond donors (Lipinski definition) is 0. The Balaban J connectivity index is 2.23. The third-order valence-electron chi connectivity index (χ3n) is 3.13. The zero-order valence-electron chi connectivity index (χ0n) is 9.61. The maximum absolute atomic E-state index is 12.7. The fourth-order valence-electron chi connectivity index (χ4n) is 2.08. The van der Waals surface area contributed by atoms with E-state index in [-0.39, 0.29) is 6.04 Å². The second-order valence-electron chi connectivity index (χ2n) is 4.27. The van der Waals surface area contributed by atoms with Crippen LogP contribution in [-0.2, 0) is 4.74 Å². The third kappa shape index (κ3) is 2.30. The lowest BCUT2D eigenvalue weighted by molar-refractivity contribution is -0.243. The number of likely N-dealkylation sites (N-methyl/N-ethyl adjacent to an activating group) is 1. The van der Waals surface area contributed by atoms with E-state index >= 15 is 0 Å². The molecule has 1 aliphatic heterocycles. The summed E-state index contributed by atoms with van der Waals surface area (Å²) >= 11 is 0. The van der Waals surface area contributed by atoms with Crippen molar-refractivity contribution in [2.45, 2.75) is 31.5 Å². The van der Waals surface area contributed by atoms with Gasteiger partial charge < -0.3 is 4.74 Å². The molecular formula is C12H14F3NO. The van der Waals surface area contributed by atoms with E-state index in [1.54, 1.807) is 31.2 Å². The monoisotopic (exact) mass is 245 g/mol. The predicted octanol–water partition coefficient (Wildman–Crippen LogP) is 2.97. The van der Waals surface area contributed by atoms with Gasteiger partial charge in [0.15, 0.2) is 0 Å². The average Bonchev–Trinajstić information content (AvgIpc) is 2.57. The Morgan fingerprint density at radius 3 is 2.24 bits per heavy atom. The molecule has 0 spiro atoms. The maximum atomic E-state index is 12.7. The van der Waals surface area contributed by atoms with E-state index in [0.717, 1.165) is 5.56 Å². The molecule has 94 valence electrons. The predicted molar refractivity (Wildman–Crippen MR) is 57.3 cm³/mol. The number of alkyl halides is 3. The van der Waals surface area contributed by atoms with E-state index in [4.69, 9.17) is 4.74 Å². The van der Waals surface area contributed by atoms with Gasteiger partial charge in [-0.25, -0.2) is 0 Å². The molecular weight excluding hydrogens is 231 g/mol. The molecule has 0 saturated carbocycles. The molecule has 0 N–H and O–H groups in total. The van der Waals surface area contributed by atoms with Crippen molar-refractivity contribution >= 4 is 0 Å². The summed E-state index contributed by atoms with van der Waals surface area (Å²) in [6.07, 6.45) is -6.71. The number of benzene rings is 1. The van der Waals surface area contributed by atoms with Crippen LogP contribution >= 0.6 is 0 Å². The standard InChI is InChI=1S/C12H14F3NO/c1-8-10(9-6-4-3-5-7-9)17-11(16(8)2)12(13,14)15/h3-8,10-11H,1-2H3. The van der Waals surface area contributed by atoms with Gasteiger partial charge in [0.25, 0.3) is 0 Å². The normalized spacial score (nSPS) is 30.8. The molecule has 1 heterocycles. The molecule has 1 saturated heterocycles. The summed E-state index contributed by atoms with van der Waals surface area (Å²) in [4.78, 5) is 1.22. The van der Waals surface area contributed by atoms with Crippen LogP contribution in [0.4, 0.5) is 13.2 Å². The minimum atomic E-state index is -4.35. The van der Waals surface area contributed by atoms with Crippen molar-refractivity contribution in [2.24, 2.45) is 0 Å². The summed E-state index contributed by atoms with van der Waals surface area (Å²) in [5, 5.41) is 0. The van der Waals surface area contributed by atoms with Crippen molar-refractivity contribution in [1.29, 1.82) is 0 Å². The van der Waals surface area contributed by atoms with E-state index in [0.29, 0.717) is 0 Å². The van der Waals surface area contributed by atoms with Gasteiger partial charge in [0.05, 0.1) is 0 Å². The number of halogens is 3. The lowest BCUT2D eigenvalue weighted by Crippen LogP contribution is -2.42. The van der Waals surface area contributed by atoms with Crippen molar-refractivity contribution in [3.8, 4) is 0 Å². The van der Waals surface area contributed by atoms with Crippen molar-refractivity contribution in [1.82, 2.24) is 4.90 Å². The Labute approximate surface area is 98.0 Å². The number of nitrogens with zero attached hydrogens (tertiary/aromatic N) is 1. The quantitative estimate of drug-likeness (QED) is 0.754. The first kappa shape index (κ1) is 12.4. The molecule has 3 unspecified atom stereocenters. The highest BCUT2D eigenvalue weighted by Crippen LogP contribution is 2.40. The molecule has 0 radical (unpaired) electrons. The Morgan fingerprint density at radius 1 is 1.18 bits per heavy atom. The summed E-state index contributed by atoms with van der Waals surface area (Å²) in [7, 11) is 1.44. The fraction of sp³-hybridized carbons (Fsp3) is 0.500. The fourth-order valence-corrected chi connectivity index (χ4v) is 2.08. The molecule has 0 aromatic heterocycles. The number of hydrogen-bond acceptors (Lipinski definition) is 2. The zero-order chi connectivity index (χ0) is 12.6. The lowest BCUT2D eigenvalue weighted by Gasteiger charge is -2.22. The average molecular weight is 245 g/mol. The Bertz CT molecular complexity index is 379. The molecule has 1 aromatic carbocycles. The minimum absolute atomic E-state index is 0.302. The summed E-state index contributed by atoms with van der Waals surface area (Å²) in [6.45, 7) is 1.74. The minimum Gasteiger partial charge on any atom is -0.344 e. The van der Waals surface area contributed by atoms with Gasteiger partial charge in [0.1, 0.15) is 6.10 Å². The molecule has 5 heteroatoms. The zero-order valence-corrected chi connectivity index (χ0v) is 9.61. The Hall–Kier alpha value is -1.07. The summed E-state index contributed by atoms with van der Waals surface area (Å²) < 4.78 is 43.3. The van der Waals surface area contributed by atoms with Crippen LogP contribution in [0, 0.1) is 0 Å². The molecule has 0 amide bonds.